The molecule has 0 aliphatic rings. The molecule has 0 unspecified atom stereocenters. The first-order chi connectivity index (χ1) is 12.8. The van der Waals surface area contributed by atoms with E-state index in [0.29, 0.717) is 35.4 Å². The zero-order chi connectivity index (χ0) is 19.6. The number of rotatable bonds is 6. The van der Waals surface area contributed by atoms with Gasteiger partial charge in [-0.25, -0.2) is 0 Å². The van der Waals surface area contributed by atoms with Crippen molar-refractivity contribution in [3.63, 3.8) is 0 Å². The van der Waals surface area contributed by atoms with Crippen molar-refractivity contribution in [1.82, 2.24) is 14.8 Å². The predicted molar refractivity (Wildman–Crippen MR) is 95.6 cm³/mol. The number of likely N-dealkylation sites (N-methyl/N-ethyl adjacent to an activating group) is 1. The average Bonchev–Trinajstić information content (AvgIpc) is 3.16. The highest BCUT2D eigenvalue weighted by atomic mass is 19.4. The zero-order valence-electron chi connectivity index (χ0n) is 15.0. The number of furan rings is 1. The summed E-state index contributed by atoms with van der Waals surface area (Å²) in [5, 5.41) is 2.82. The first-order valence-electron chi connectivity index (χ1n) is 8.41. The Morgan fingerprint density at radius 3 is 2.70 bits per heavy atom. The van der Waals surface area contributed by atoms with E-state index < -0.39 is 11.7 Å². The van der Waals surface area contributed by atoms with Gasteiger partial charge < -0.3 is 19.2 Å². The second-order valence-corrected chi connectivity index (χ2v) is 6.54. The highest BCUT2D eigenvalue weighted by molar-refractivity contribution is 5.97. The number of fused-ring (bicyclic) bond motifs is 1. The van der Waals surface area contributed by atoms with Crippen molar-refractivity contribution >= 4 is 17.0 Å². The third-order valence-electron chi connectivity index (χ3n) is 4.19. The third-order valence-corrected chi connectivity index (χ3v) is 4.19. The first kappa shape index (κ1) is 19.0. The summed E-state index contributed by atoms with van der Waals surface area (Å²) in [5.74, 6) is -0.296. The van der Waals surface area contributed by atoms with Gasteiger partial charge in [0.25, 0.3) is 5.91 Å². The molecule has 0 fully saturated rings. The van der Waals surface area contributed by atoms with E-state index in [1.54, 1.807) is 22.8 Å². The number of aromatic nitrogens is 1. The summed E-state index contributed by atoms with van der Waals surface area (Å²) in [7, 11) is 3.80. The number of hydrogen-bond acceptors (Lipinski definition) is 3. The Morgan fingerprint density at radius 2 is 2.00 bits per heavy atom. The van der Waals surface area contributed by atoms with Gasteiger partial charge in [0, 0.05) is 31.8 Å². The molecule has 0 aliphatic carbocycles. The van der Waals surface area contributed by atoms with Gasteiger partial charge in [0.1, 0.15) is 5.69 Å². The zero-order valence-corrected chi connectivity index (χ0v) is 15.0. The minimum Gasteiger partial charge on any atom is -0.463 e. The molecule has 1 aromatic carbocycles. The molecule has 1 amide bonds. The first-order valence-corrected chi connectivity index (χ1v) is 8.41. The van der Waals surface area contributed by atoms with Crippen LogP contribution in [0.2, 0.25) is 0 Å². The lowest BCUT2D eigenvalue weighted by Crippen LogP contribution is -2.32. The van der Waals surface area contributed by atoms with E-state index in [9.17, 15) is 18.0 Å². The lowest BCUT2D eigenvalue weighted by atomic mass is 10.1. The molecule has 1 N–H and O–H groups in total. The Morgan fingerprint density at radius 1 is 1.22 bits per heavy atom. The van der Waals surface area contributed by atoms with Crippen molar-refractivity contribution in [2.45, 2.75) is 12.7 Å². The fourth-order valence-corrected chi connectivity index (χ4v) is 2.85. The summed E-state index contributed by atoms with van der Waals surface area (Å²) in [5.41, 5.74) is 1.25. The van der Waals surface area contributed by atoms with Gasteiger partial charge in [0.2, 0.25) is 0 Å². The van der Waals surface area contributed by atoms with Crippen molar-refractivity contribution in [3.05, 3.63) is 59.5 Å². The Hall–Kier alpha value is -2.74. The standard InChI is InChI=1S/C19H20F3N3O2/c1-24(2)8-7-23-18(26)16-11-17-15(6-9-27-17)25(16)12-13-4-3-5-14(10-13)19(20,21)22/h3-6,9-11H,7-8,12H2,1-2H3,(H,23,26). The second-order valence-electron chi connectivity index (χ2n) is 6.54. The van der Waals surface area contributed by atoms with Gasteiger partial charge >= 0.3 is 6.18 Å². The molecule has 0 bridgehead atoms. The molecular formula is C19H20F3N3O2. The summed E-state index contributed by atoms with van der Waals surface area (Å²) in [6.45, 7) is 1.27. The summed E-state index contributed by atoms with van der Waals surface area (Å²) < 4.78 is 45.9. The average molecular weight is 379 g/mol. The molecule has 2 heterocycles. The van der Waals surface area contributed by atoms with Crippen molar-refractivity contribution < 1.29 is 22.4 Å². The van der Waals surface area contributed by atoms with Crippen LogP contribution in [0.5, 0.6) is 0 Å². The van der Waals surface area contributed by atoms with Crippen LogP contribution in [0.4, 0.5) is 13.2 Å². The van der Waals surface area contributed by atoms with Crippen molar-refractivity contribution in [2.24, 2.45) is 0 Å². The van der Waals surface area contributed by atoms with Gasteiger partial charge in [-0.1, -0.05) is 12.1 Å². The number of nitrogens with one attached hydrogen (secondary N) is 1. The van der Waals surface area contributed by atoms with E-state index in [4.69, 9.17) is 4.42 Å². The van der Waals surface area contributed by atoms with Crippen LogP contribution in [0.15, 0.2) is 47.1 Å². The predicted octanol–water partition coefficient (Wildman–Crippen LogP) is 3.59. The van der Waals surface area contributed by atoms with Crippen LogP contribution in [0, 0.1) is 0 Å². The molecular weight excluding hydrogens is 359 g/mol. The van der Waals surface area contributed by atoms with E-state index in [2.05, 4.69) is 5.32 Å². The maximum absolute atomic E-state index is 13.0. The van der Waals surface area contributed by atoms with Crippen molar-refractivity contribution in [1.29, 1.82) is 0 Å². The smallest absolute Gasteiger partial charge is 0.416 e. The molecule has 8 heteroatoms. The van der Waals surface area contributed by atoms with Crippen LogP contribution in [0.25, 0.3) is 11.1 Å². The number of halogens is 3. The molecule has 0 saturated carbocycles. The number of carbonyl (C=O) groups is 1. The Bertz CT molecular complexity index is 941. The molecule has 0 spiro atoms. The van der Waals surface area contributed by atoms with Crippen LogP contribution in [-0.4, -0.2) is 42.6 Å². The summed E-state index contributed by atoms with van der Waals surface area (Å²) in [6.07, 6.45) is -2.93. The number of carbonyl (C=O) groups excluding carboxylic acids is 1. The normalized spacial score (nSPS) is 12.1. The SMILES string of the molecule is CN(C)CCNC(=O)c1cc2occc2n1Cc1cccc(C(F)(F)F)c1. The number of benzene rings is 1. The van der Waals surface area contributed by atoms with Gasteiger partial charge in [0.05, 0.1) is 17.3 Å². The topological polar surface area (TPSA) is 50.4 Å². The van der Waals surface area contributed by atoms with Crippen molar-refractivity contribution in [2.75, 3.05) is 27.2 Å². The van der Waals surface area contributed by atoms with Gasteiger partial charge in [0.15, 0.2) is 5.58 Å². The minimum absolute atomic E-state index is 0.128. The molecule has 3 aromatic rings. The van der Waals surface area contributed by atoms with Crippen LogP contribution in [0.1, 0.15) is 21.6 Å². The second kappa shape index (κ2) is 7.48. The lowest BCUT2D eigenvalue weighted by molar-refractivity contribution is -0.137. The van der Waals surface area contributed by atoms with Crippen LogP contribution < -0.4 is 5.32 Å². The van der Waals surface area contributed by atoms with E-state index in [1.165, 1.54) is 12.3 Å². The van der Waals surface area contributed by atoms with Gasteiger partial charge in [-0.15, -0.1) is 0 Å². The van der Waals surface area contributed by atoms with Gasteiger partial charge in [-0.3, -0.25) is 4.79 Å². The molecule has 144 valence electrons. The molecule has 0 saturated heterocycles. The maximum atomic E-state index is 13.0. The number of amides is 1. The molecule has 2 aromatic heterocycles. The van der Waals surface area contributed by atoms with Gasteiger partial charge in [-0.2, -0.15) is 13.2 Å². The van der Waals surface area contributed by atoms with E-state index in [-0.39, 0.29) is 12.5 Å². The Balaban J connectivity index is 1.89. The minimum atomic E-state index is -4.41. The fourth-order valence-electron chi connectivity index (χ4n) is 2.85. The molecule has 3 rings (SSSR count). The van der Waals surface area contributed by atoms with Crippen LogP contribution in [-0.2, 0) is 12.7 Å². The number of nitrogens with zero attached hydrogens (tertiary/aromatic N) is 2. The Kier molecular flexibility index (Phi) is 5.27. The molecule has 27 heavy (non-hydrogen) atoms. The van der Waals surface area contributed by atoms with Crippen LogP contribution in [0.3, 0.4) is 0 Å². The third kappa shape index (κ3) is 4.33. The number of hydrogen-bond donors (Lipinski definition) is 1. The van der Waals surface area contributed by atoms with E-state index >= 15 is 0 Å². The lowest BCUT2D eigenvalue weighted by Gasteiger charge is -2.14. The van der Waals surface area contributed by atoms with Crippen LogP contribution >= 0.6 is 0 Å². The van der Waals surface area contributed by atoms with Crippen molar-refractivity contribution in [3.8, 4) is 0 Å². The van der Waals surface area contributed by atoms with E-state index in [0.717, 1.165) is 12.1 Å². The number of alkyl halides is 3. The van der Waals surface area contributed by atoms with Gasteiger partial charge in [-0.05, 0) is 31.8 Å². The largest absolute Gasteiger partial charge is 0.463 e. The quantitative estimate of drug-likeness (QED) is 0.712. The molecule has 5 nitrogen and oxygen atoms in total. The van der Waals surface area contributed by atoms with E-state index in [1.807, 2.05) is 19.0 Å². The molecule has 0 radical (unpaired) electrons. The summed E-state index contributed by atoms with van der Waals surface area (Å²) in [4.78, 5) is 14.5. The maximum Gasteiger partial charge on any atom is 0.416 e. The molecule has 0 aliphatic heterocycles. The fraction of sp³-hybridized carbons (Fsp3) is 0.316. The highest BCUT2D eigenvalue weighted by Crippen LogP contribution is 2.30. The Labute approximate surface area is 154 Å². The highest BCUT2D eigenvalue weighted by Gasteiger charge is 2.30. The summed E-state index contributed by atoms with van der Waals surface area (Å²) in [6, 6.07) is 8.40. The summed E-state index contributed by atoms with van der Waals surface area (Å²) >= 11 is 0. The molecule has 0 atom stereocenters. The monoisotopic (exact) mass is 379 g/mol.